The Hall–Kier alpha value is -0.323. The first kappa shape index (κ1) is 15.7. The summed E-state index contributed by atoms with van der Waals surface area (Å²) in [5.41, 5.74) is 1.21. The molecule has 0 aromatic heterocycles. The van der Waals surface area contributed by atoms with E-state index in [1.165, 1.54) is 5.56 Å². The third-order valence-electron chi connectivity index (χ3n) is 3.58. The van der Waals surface area contributed by atoms with Crippen LogP contribution in [-0.4, -0.2) is 15.4 Å². The number of nitrogens with one attached hydrogen (secondary N) is 1. The van der Waals surface area contributed by atoms with Crippen molar-refractivity contribution in [3.05, 3.63) is 28.2 Å². The second-order valence-electron chi connectivity index (χ2n) is 6.12. The molecule has 0 fully saturated rings. The molecule has 0 spiro atoms. The van der Waals surface area contributed by atoms with Crippen molar-refractivity contribution in [3.63, 3.8) is 0 Å². The van der Waals surface area contributed by atoms with Gasteiger partial charge in [-0.05, 0) is 47.2 Å². The van der Waals surface area contributed by atoms with Crippen LogP contribution in [-0.2, 0) is 6.54 Å². The molecule has 0 saturated carbocycles. The molecule has 4 heteroatoms. The number of para-hydroxylation sites is 1. The minimum Gasteiger partial charge on any atom is -0.543 e. The largest absolute Gasteiger partial charge is 0.543 e. The van der Waals surface area contributed by atoms with Gasteiger partial charge in [0.25, 0.3) is 8.32 Å². The van der Waals surface area contributed by atoms with Gasteiger partial charge in [0, 0.05) is 12.1 Å². The van der Waals surface area contributed by atoms with Gasteiger partial charge in [0.15, 0.2) is 0 Å². The van der Waals surface area contributed by atoms with Gasteiger partial charge in [-0.3, -0.25) is 0 Å². The molecule has 0 saturated heterocycles. The van der Waals surface area contributed by atoms with Gasteiger partial charge in [0.05, 0.1) is 4.47 Å². The Morgan fingerprint density at radius 3 is 2.39 bits per heavy atom. The summed E-state index contributed by atoms with van der Waals surface area (Å²) in [6.45, 7) is 12.1. The summed E-state index contributed by atoms with van der Waals surface area (Å²) in [7, 11) is 0.160. The number of halogens is 1. The van der Waals surface area contributed by atoms with Crippen LogP contribution >= 0.6 is 15.9 Å². The Morgan fingerprint density at radius 1 is 1.28 bits per heavy atom. The zero-order valence-electron chi connectivity index (χ0n) is 12.2. The first-order chi connectivity index (χ1) is 8.19. The van der Waals surface area contributed by atoms with E-state index in [-0.39, 0.29) is 5.04 Å². The summed E-state index contributed by atoms with van der Waals surface area (Å²) in [5.74, 6) is 0.999. The van der Waals surface area contributed by atoms with E-state index in [0.29, 0.717) is 0 Å². The molecule has 18 heavy (non-hydrogen) atoms. The maximum Gasteiger partial charge on any atom is 0.250 e. The van der Waals surface area contributed by atoms with Crippen molar-refractivity contribution in [2.24, 2.45) is 0 Å². The van der Waals surface area contributed by atoms with Crippen molar-refractivity contribution in [2.75, 3.05) is 7.05 Å². The summed E-state index contributed by atoms with van der Waals surface area (Å²) in [6.07, 6.45) is 0. The molecule has 1 aromatic rings. The van der Waals surface area contributed by atoms with Crippen LogP contribution in [0, 0.1) is 0 Å². The maximum absolute atomic E-state index is 6.43. The molecule has 0 atom stereocenters. The lowest BCUT2D eigenvalue weighted by Crippen LogP contribution is -2.44. The lowest BCUT2D eigenvalue weighted by Gasteiger charge is -2.37. The Kier molecular flexibility index (Phi) is 5.03. The van der Waals surface area contributed by atoms with Crippen LogP contribution in [0.1, 0.15) is 26.3 Å². The van der Waals surface area contributed by atoms with Crippen molar-refractivity contribution >= 4 is 24.2 Å². The van der Waals surface area contributed by atoms with Crippen LogP contribution in [0.4, 0.5) is 0 Å². The first-order valence-corrected chi connectivity index (χ1v) is 10.00. The van der Waals surface area contributed by atoms with E-state index >= 15 is 0 Å². The monoisotopic (exact) mass is 329 g/mol. The summed E-state index contributed by atoms with van der Waals surface area (Å²) in [4.78, 5) is 0. The van der Waals surface area contributed by atoms with E-state index in [1.54, 1.807) is 0 Å². The van der Waals surface area contributed by atoms with E-state index in [9.17, 15) is 0 Å². The molecular formula is C14H24BrNOSi. The highest BCUT2D eigenvalue weighted by Crippen LogP contribution is 2.40. The minimum absolute atomic E-state index is 0.208. The number of rotatable bonds is 4. The molecule has 0 bridgehead atoms. The molecule has 0 radical (unpaired) electrons. The van der Waals surface area contributed by atoms with Crippen LogP contribution < -0.4 is 9.74 Å². The van der Waals surface area contributed by atoms with Crippen molar-refractivity contribution in [2.45, 2.75) is 45.4 Å². The molecule has 1 rings (SSSR count). The molecule has 102 valence electrons. The first-order valence-electron chi connectivity index (χ1n) is 6.30. The average Bonchev–Trinajstić information content (AvgIpc) is 2.22. The molecule has 0 heterocycles. The molecule has 0 amide bonds. The van der Waals surface area contributed by atoms with E-state index in [2.05, 4.69) is 67.2 Å². The molecule has 0 unspecified atom stereocenters. The Bertz CT molecular complexity index is 413. The summed E-state index contributed by atoms with van der Waals surface area (Å²) in [5, 5.41) is 3.40. The highest BCUT2D eigenvalue weighted by Gasteiger charge is 2.39. The van der Waals surface area contributed by atoms with Gasteiger partial charge in [0.2, 0.25) is 0 Å². The summed E-state index contributed by atoms with van der Waals surface area (Å²) in [6, 6.07) is 6.21. The normalized spacial score (nSPS) is 12.6. The van der Waals surface area contributed by atoms with E-state index < -0.39 is 8.32 Å². The van der Waals surface area contributed by atoms with Gasteiger partial charge in [-0.1, -0.05) is 32.9 Å². The Balaban J connectivity index is 3.10. The molecule has 0 aliphatic heterocycles. The molecule has 2 nitrogen and oxygen atoms in total. The smallest absolute Gasteiger partial charge is 0.250 e. The quantitative estimate of drug-likeness (QED) is 0.818. The number of hydrogen-bond acceptors (Lipinski definition) is 2. The lowest BCUT2D eigenvalue weighted by atomic mass is 10.2. The second-order valence-corrected chi connectivity index (χ2v) is 11.7. The highest BCUT2D eigenvalue weighted by atomic mass is 79.9. The van der Waals surface area contributed by atoms with Crippen LogP contribution in [0.15, 0.2) is 22.7 Å². The van der Waals surface area contributed by atoms with Crippen molar-refractivity contribution < 1.29 is 4.43 Å². The Morgan fingerprint density at radius 2 is 1.89 bits per heavy atom. The molecular weight excluding hydrogens is 306 g/mol. The van der Waals surface area contributed by atoms with Crippen molar-refractivity contribution in [1.29, 1.82) is 0 Å². The average molecular weight is 330 g/mol. The van der Waals surface area contributed by atoms with Crippen molar-refractivity contribution in [3.8, 4) is 5.75 Å². The predicted molar refractivity (Wildman–Crippen MR) is 84.7 cm³/mol. The number of benzene rings is 1. The van der Waals surface area contributed by atoms with Crippen LogP contribution in [0.2, 0.25) is 18.1 Å². The molecule has 1 N–H and O–H groups in total. The fraction of sp³-hybridized carbons (Fsp3) is 0.571. The van der Waals surface area contributed by atoms with Gasteiger partial charge in [-0.15, -0.1) is 0 Å². The molecule has 0 aliphatic carbocycles. The predicted octanol–water partition coefficient (Wildman–Crippen LogP) is 4.55. The maximum atomic E-state index is 6.43. The third kappa shape index (κ3) is 3.59. The Labute approximate surface area is 120 Å². The number of hydrogen-bond donors (Lipinski definition) is 1. The zero-order valence-corrected chi connectivity index (χ0v) is 14.8. The minimum atomic E-state index is -1.80. The molecule has 1 aromatic carbocycles. The van der Waals surface area contributed by atoms with E-state index in [4.69, 9.17) is 4.43 Å². The third-order valence-corrected chi connectivity index (χ3v) is 8.53. The van der Waals surface area contributed by atoms with Gasteiger partial charge >= 0.3 is 0 Å². The SMILES string of the molecule is CNCc1cccc(Br)c1O[Si](C)(C)C(C)(C)C. The van der Waals surface area contributed by atoms with E-state index in [0.717, 1.165) is 16.8 Å². The fourth-order valence-corrected chi connectivity index (χ4v) is 3.10. The zero-order chi connectivity index (χ0) is 14.0. The standard InChI is InChI=1S/C14H24BrNOSi/c1-14(2,3)18(5,6)17-13-11(10-16-4)8-7-9-12(13)15/h7-9,16H,10H2,1-6H3. The van der Waals surface area contributed by atoms with Crippen molar-refractivity contribution in [1.82, 2.24) is 5.32 Å². The summed E-state index contributed by atoms with van der Waals surface area (Å²) >= 11 is 3.61. The van der Waals surface area contributed by atoms with Gasteiger partial charge in [-0.25, -0.2) is 0 Å². The summed E-state index contributed by atoms with van der Waals surface area (Å²) < 4.78 is 7.47. The highest BCUT2D eigenvalue weighted by molar-refractivity contribution is 9.10. The van der Waals surface area contributed by atoms with Crippen LogP contribution in [0.3, 0.4) is 0 Å². The lowest BCUT2D eigenvalue weighted by molar-refractivity contribution is 0.483. The van der Waals surface area contributed by atoms with Gasteiger partial charge < -0.3 is 9.74 Å². The van der Waals surface area contributed by atoms with E-state index in [1.807, 2.05) is 13.1 Å². The van der Waals surface area contributed by atoms with Gasteiger partial charge in [-0.2, -0.15) is 0 Å². The van der Waals surface area contributed by atoms with Crippen LogP contribution in [0.5, 0.6) is 5.75 Å². The topological polar surface area (TPSA) is 21.3 Å². The second kappa shape index (κ2) is 5.76. The van der Waals surface area contributed by atoms with Gasteiger partial charge in [0.1, 0.15) is 5.75 Å². The van der Waals surface area contributed by atoms with Crippen LogP contribution in [0.25, 0.3) is 0 Å². The molecule has 0 aliphatic rings. The fourth-order valence-electron chi connectivity index (χ4n) is 1.41.